The summed E-state index contributed by atoms with van der Waals surface area (Å²) >= 11 is 0. The van der Waals surface area contributed by atoms with Crippen LogP contribution < -0.4 is 0 Å². The lowest BCUT2D eigenvalue weighted by Gasteiger charge is -2.07. The van der Waals surface area contributed by atoms with Crippen molar-refractivity contribution in [2.45, 2.75) is 13.2 Å². The number of rotatable bonds is 2. The van der Waals surface area contributed by atoms with E-state index in [1.165, 1.54) is 0 Å². The van der Waals surface area contributed by atoms with Gasteiger partial charge in [-0.25, -0.2) is 4.98 Å². The Kier molecular flexibility index (Phi) is 2.55. The number of H-pyrrole nitrogens is 1. The molecule has 5 heteroatoms. The molecular weight excluding hydrogens is 264 g/mol. The molecule has 1 atom stereocenters. The summed E-state index contributed by atoms with van der Waals surface area (Å²) in [6.45, 7) is 1.75. The molecule has 0 fully saturated rings. The van der Waals surface area contributed by atoms with Gasteiger partial charge in [0, 0.05) is 29.5 Å². The average molecular weight is 278 g/mol. The molecule has 0 aliphatic carbocycles. The molecule has 0 saturated heterocycles. The van der Waals surface area contributed by atoms with E-state index in [1.54, 1.807) is 19.3 Å². The third kappa shape index (κ3) is 1.82. The molecule has 0 amide bonds. The lowest BCUT2D eigenvalue weighted by molar-refractivity contribution is 0.129. The number of hydrogen-bond donors (Lipinski definition) is 2. The second-order valence-corrected chi connectivity index (χ2v) is 5.07. The molecular formula is C16H14N4O. The van der Waals surface area contributed by atoms with Crippen LogP contribution in [-0.4, -0.2) is 24.6 Å². The van der Waals surface area contributed by atoms with Gasteiger partial charge in [-0.05, 0) is 19.1 Å². The summed E-state index contributed by atoms with van der Waals surface area (Å²) in [6, 6.07) is 10.0. The van der Waals surface area contributed by atoms with Crippen molar-refractivity contribution in [3.05, 3.63) is 48.9 Å². The first kappa shape index (κ1) is 12.1. The molecule has 1 aromatic carbocycles. The molecule has 0 aliphatic rings. The predicted molar refractivity (Wildman–Crippen MR) is 81.8 cm³/mol. The Labute approximate surface area is 120 Å². The standard InChI is InChI=1S/C16H14N4O/c1-10(21)20-9-12(11-4-2-3-5-15(11)20)13-8-14-16(19-13)18-7-6-17-14/h2-10,21H,1H3,(H,18,19). The summed E-state index contributed by atoms with van der Waals surface area (Å²) in [5.74, 6) is 0. The number of aliphatic hydroxyl groups excluding tert-OH is 1. The fourth-order valence-electron chi connectivity index (χ4n) is 2.72. The molecule has 0 aliphatic heterocycles. The number of hydrogen-bond acceptors (Lipinski definition) is 3. The fraction of sp³-hybridized carbons (Fsp3) is 0.125. The highest BCUT2D eigenvalue weighted by Gasteiger charge is 2.14. The van der Waals surface area contributed by atoms with Crippen LogP contribution in [0.5, 0.6) is 0 Å². The van der Waals surface area contributed by atoms with Crippen LogP contribution in [-0.2, 0) is 0 Å². The molecule has 1 unspecified atom stereocenters. The van der Waals surface area contributed by atoms with Crippen LogP contribution in [0.3, 0.4) is 0 Å². The van der Waals surface area contributed by atoms with E-state index < -0.39 is 6.23 Å². The number of aromatic nitrogens is 4. The van der Waals surface area contributed by atoms with E-state index in [4.69, 9.17) is 0 Å². The van der Waals surface area contributed by atoms with Gasteiger partial charge in [-0.1, -0.05) is 18.2 Å². The highest BCUT2D eigenvalue weighted by atomic mass is 16.3. The first-order chi connectivity index (χ1) is 10.2. The number of fused-ring (bicyclic) bond motifs is 2. The van der Waals surface area contributed by atoms with Gasteiger partial charge in [0.25, 0.3) is 0 Å². The summed E-state index contributed by atoms with van der Waals surface area (Å²) in [5, 5.41) is 11.0. The van der Waals surface area contributed by atoms with Gasteiger partial charge in [0.2, 0.25) is 0 Å². The molecule has 21 heavy (non-hydrogen) atoms. The second-order valence-electron chi connectivity index (χ2n) is 5.07. The summed E-state index contributed by atoms with van der Waals surface area (Å²) in [4.78, 5) is 11.9. The van der Waals surface area contributed by atoms with Crippen molar-refractivity contribution in [2.24, 2.45) is 0 Å². The predicted octanol–water partition coefficient (Wildman–Crippen LogP) is 3.09. The maximum absolute atomic E-state index is 9.95. The molecule has 0 spiro atoms. The van der Waals surface area contributed by atoms with Crippen LogP contribution in [0.15, 0.2) is 48.9 Å². The Morgan fingerprint density at radius 2 is 2.00 bits per heavy atom. The van der Waals surface area contributed by atoms with Crippen molar-refractivity contribution in [3.63, 3.8) is 0 Å². The zero-order valence-corrected chi connectivity index (χ0v) is 11.5. The topological polar surface area (TPSA) is 66.7 Å². The number of nitrogens with one attached hydrogen (secondary N) is 1. The minimum absolute atomic E-state index is 0.579. The Hall–Kier alpha value is -2.66. The molecule has 3 heterocycles. The van der Waals surface area contributed by atoms with Gasteiger partial charge >= 0.3 is 0 Å². The van der Waals surface area contributed by atoms with E-state index in [0.29, 0.717) is 0 Å². The van der Waals surface area contributed by atoms with Gasteiger partial charge in [0.1, 0.15) is 11.7 Å². The highest BCUT2D eigenvalue weighted by Crippen LogP contribution is 2.32. The number of para-hydroxylation sites is 1. The Morgan fingerprint density at radius 3 is 2.81 bits per heavy atom. The van der Waals surface area contributed by atoms with E-state index in [0.717, 1.165) is 33.3 Å². The Morgan fingerprint density at radius 1 is 1.19 bits per heavy atom. The molecule has 0 bridgehead atoms. The van der Waals surface area contributed by atoms with Crippen molar-refractivity contribution in [2.75, 3.05) is 0 Å². The molecule has 0 saturated carbocycles. The van der Waals surface area contributed by atoms with E-state index in [-0.39, 0.29) is 0 Å². The quantitative estimate of drug-likeness (QED) is 0.592. The molecule has 104 valence electrons. The van der Waals surface area contributed by atoms with Crippen LogP contribution in [0, 0.1) is 0 Å². The van der Waals surface area contributed by atoms with Crippen LogP contribution in [0.1, 0.15) is 13.2 Å². The SMILES string of the molecule is CC(O)n1cc(-c2cc3nccnc3[nH]2)c2ccccc21. The van der Waals surface area contributed by atoms with Crippen LogP contribution in [0.2, 0.25) is 0 Å². The minimum Gasteiger partial charge on any atom is -0.374 e. The summed E-state index contributed by atoms with van der Waals surface area (Å²) in [7, 11) is 0. The smallest absolute Gasteiger partial charge is 0.156 e. The van der Waals surface area contributed by atoms with E-state index in [1.807, 2.05) is 35.0 Å². The minimum atomic E-state index is -0.579. The van der Waals surface area contributed by atoms with Crippen molar-refractivity contribution >= 4 is 22.1 Å². The summed E-state index contributed by atoms with van der Waals surface area (Å²) in [5.41, 5.74) is 4.59. The van der Waals surface area contributed by atoms with Crippen LogP contribution >= 0.6 is 0 Å². The summed E-state index contributed by atoms with van der Waals surface area (Å²) < 4.78 is 1.86. The first-order valence-electron chi connectivity index (χ1n) is 6.82. The number of nitrogens with zero attached hydrogens (tertiary/aromatic N) is 3. The third-order valence-electron chi connectivity index (χ3n) is 3.69. The molecule has 4 aromatic rings. The van der Waals surface area contributed by atoms with Crippen LogP contribution in [0.4, 0.5) is 0 Å². The van der Waals surface area contributed by atoms with E-state index >= 15 is 0 Å². The number of benzene rings is 1. The summed E-state index contributed by atoms with van der Waals surface area (Å²) in [6.07, 6.45) is 4.73. The van der Waals surface area contributed by atoms with Gasteiger partial charge in [0.05, 0.1) is 11.2 Å². The Bertz CT molecular complexity index is 903. The molecule has 4 rings (SSSR count). The lowest BCUT2D eigenvalue weighted by atomic mass is 10.1. The van der Waals surface area contributed by atoms with Crippen LogP contribution in [0.25, 0.3) is 33.3 Å². The number of aromatic amines is 1. The van der Waals surface area contributed by atoms with E-state index in [9.17, 15) is 5.11 Å². The van der Waals surface area contributed by atoms with Gasteiger partial charge in [-0.15, -0.1) is 0 Å². The third-order valence-corrected chi connectivity index (χ3v) is 3.69. The average Bonchev–Trinajstić information content (AvgIpc) is 3.08. The maximum Gasteiger partial charge on any atom is 0.156 e. The first-order valence-corrected chi connectivity index (χ1v) is 6.82. The lowest BCUT2D eigenvalue weighted by Crippen LogP contribution is -2.00. The largest absolute Gasteiger partial charge is 0.374 e. The molecule has 3 aromatic heterocycles. The number of aliphatic hydroxyl groups is 1. The molecule has 2 N–H and O–H groups in total. The van der Waals surface area contributed by atoms with Gasteiger partial charge in [0.15, 0.2) is 5.65 Å². The molecule has 5 nitrogen and oxygen atoms in total. The van der Waals surface area contributed by atoms with Gasteiger partial charge in [-0.3, -0.25) is 4.98 Å². The maximum atomic E-state index is 9.95. The zero-order chi connectivity index (χ0) is 14.4. The highest BCUT2D eigenvalue weighted by molar-refractivity contribution is 5.97. The van der Waals surface area contributed by atoms with Gasteiger partial charge in [-0.2, -0.15) is 0 Å². The fourth-order valence-corrected chi connectivity index (χ4v) is 2.72. The van der Waals surface area contributed by atoms with Crippen molar-refractivity contribution < 1.29 is 5.11 Å². The van der Waals surface area contributed by atoms with Crippen molar-refractivity contribution in [1.82, 2.24) is 19.5 Å². The van der Waals surface area contributed by atoms with Crippen molar-refractivity contribution in [3.8, 4) is 11.3 Å². The van der Waals surface area contributed by atoms with Crippen molar-refractivity contribution in [1.29, 1.82) is 0 Å². The Balaban J connectivity index is 2.01. The van der Waals surface area contributed by atoms with Gasteiger partial charge < -0.3 is 14.7 Å². The second kappa shape index (κ2) is 4.43. The zero-order valence-electron chi connectivity index (χ0n) is 11.5. The molecule has 0 radical (unpaired) electrons. The normalized spacial score (nSPS) is 13.0. The van der Waals surface area contributed by atoms with E-state index in [2.05, 4.69) is 21.0 Å². The monoisotopic (exact) mass is 278 g/mol.